The molecule has 0 nitrogen and oxygen atoms in total. The first-order valence-electron chi connectivity index (χ1n) is 1.75. The van der Waals surface area contributed by atoms with E-state index in [0.29, 0.717) is 0 Å². The van der Waals surface area contributed by atoms with Gasteiger partial charge in [-0.1, -0.05) is 18.7 Å². The van der Waals surface area contributed by atoms with E-state index >= 15 is 0 Å². The van der Waals surface area contributed by atoms with Crippen LogP contribution in [0.3, 0.4) is 0 Å². The van der Waals surface area contributed by atoms with Gasteiger partial charge in [-0.2, -0.15) is 0 Å². The van der Waals surface area contributed by atoms with Gasteiger partial charge in [-0.3, -0.25) is 0 Å². The first kappa shape index (κ1) is 5.83. The fraction of sp³-hybridized carbons (Fsp3) is 0.200. The van der Waals surface area contributed by atoms with Crippen LogP contribution in [0.2, 0.25) is 0 Å². The Kier molecular flexibility index (Phi) is 2.95. The lowest BCUT2D eigenvalue weighted by Crippen LogP contribution is -1.49. The van der Waals surface area contributed by atoms with Gasteiger partial charge in [-0.25, -0.2) is 0 Å². The minimum atomic E-state index is 0.991. The summed E-state index contributed by atoms with van der Waals surface area (Å²) < 4.78 is 0. The Hall–Kier alpha value is -0.170. The highest BCUT2D eigenvalue weighted by Gasteiger charge is 1.64. The summed E-state index contributed by atoms with van der Waals surface area (Å²) in [4.78, 5) is 0.991. The molecule has 0 aromatic heterocycles. The minimum absolute atomic E-state index is 0.991. The van der Waals surface area contributed by atoms with E-state index in [-0.39, 0.29) is 0 Å². The third-order valence-electron chi connectivity index (χ3n) is 0.359. The highest BCUT2D eigenvalue weighted by molar-refractivity contribution is 7.84. The van der Waals surface area contributed by atoms with Crippen molar-refractivity contribution in [3.05, 3.63) is 23.6 Å². The maximum absolute atomic E-state index is 3.97. The van der Waals surface area contributed by atoms with E-state index in [4.69, 9.17) is 0 Å². The van der Waals surface area contributed by atoms with Crippen molar-refractivity contribution in [1.82, 2.24) is 0 Å². The van der Waals surface area contributed by atoms with Crippen molar-refractivity contribution in [3.8, 4) is 0 Å². The van der Waals surface area contributed by atoms with Crippen molar-refractivity contribution in [2.24, 2.45) is 0 Å². The Morgan fingerprint density at radius 1 is 1.83 bits per heavy atom. The average molecular weight is 100 g/mol. The predicted molar refractivity (Wildman–Crippen MR) is 32.9 cm³/mol. The maximum Gasteiger partial charge on any atom is -0.0215 e. The van der Waals surface area contributed by atoms with Crippen molar-refractivity contribution < 1.29 is 0 Å². The molecule has 34 valence electrons. The second-order valence-electron chi connectivity index (χ2n) is 1.04. The van der Waals surface area contributed by atoms with Gasteiger partial charge in [0.15, 0.2) is 0 Å². The van der Waals surface area contributed by atoms with Crippen LogP contribution in [0.1, 0.15) is 6.92 Å². The number of thiol groups is 1. The molecule has 0 saturated carbocycles. The van der Waals surface area contributed by atoms with Crippen LogP contribution < -0.4 is 0 Å². The summed E-state index contributed by atoms with van der Waals surface area (Å²) in [5.41, 5.74) is 0. The van der Waals surface area contributed by atoms with Crippen LogP contribution >= 0.6 is 12.6 Å². The number of hydrogen-bond acceptors (Lipinski definition) is 1. The summed E-state index contributed by atoms with van der Waals surface area (Å²) in [6, 6.07) is 0. The summed E-state index contributed by atoms with van der Waals surface area (Å²) in [6.07, 6.45) is 3.55. The third kappa shape index (κ3) is 3.83. The van der Waals surface area contributed by atoms with E-state index in [0.717, 1.165) is 4.91 Å². The molecular weight excluding hydrogens is 92.1 g/mol. The van der Waals surface area contributed by atoms with Gasteiger partial charge in [0.25, 0.3) is 0 Å². The zero-order chi connectivity index (χ0) is 4.99. The molecule has 1 heteroatoms. The number of hydrogen-bond donors (Lipinski definition) is 1. The lowest BCUT2D eigenvalue weighted by Gasteiger charge is -1.75. The van der Waals surface area contributed by atoms with Crippen LogP contribution in [-0.2, 0) is 0 Å². The first-order chi connectivity index (χ1) is 2.77. The average Bonchev–Trinajstić information content (AvgIpc) is 1.35. The van der Waals surface area contributed by atoms with Crippen LogP contribution in [-0.4, -0.2) is 0 Å². The van der Waals surface area contributed by atoms with E-state index in [1.807, 2.05) is 13.0 Å². The standard InChI is InChI=1S/C5H8S/c1-3-4-5(2)6/h3-4,6H,1H2,2H3/b5-4+. The third-order valence-corrected chi connectivity index (χ3v) is 0.508. The summed E-state index contributed by atoms with van der Waals surface area (Å²) in [6.45, 7) is 5.38. The van der Waals surface area contributed by atoms with Gasteiger partial charge in [-0.05, 0) is 11.8 Å². The van der Waals surface area contributed by atoms with Crippen molar-refractivity contribution in [2.75, 3.05) is 0 Å². The molecule has 0 aliphatic heterocycles. The van der Waals surface area contributed by atoms with Gasteiger partial charge >= 0.3 is 0 Å². The molecule has 0 aliphatic rings. The molecule has 6 heavy (non-hydrogen) atoms. The Labute approximate surface area is 44.0 Å². The van der Waals surface area contributed by atoms with Crippen molar-refractivity contribution in [1.29, 1.82) is 0 Å². The van der Waals surface area contributed by atoms with Crippen LogP contribution in [0, 0.1) is 0 Å². The highest BCUT2D eigenvalue weighted by Crippen LogP contribution is 1.94. The van der Waals surface area contributed by atoms with Gasteiger partial charge < -0.3 is 0 Å². The zero-order valence-corrected chi connectivity index (χ0v) is 4.70. The summed E-state index contributed by atoms with van der Waals surface area (Å²) in [5, 5.41) is 0. The lowest BCUT2D eigenvalue weighted by atomic mass is 10.5. The Morgan fingerprint density at radius 2 is 2.33 bits per heavy atom. The fourth-order valence-corrected chi connectivity index (χ4v) is 0.276. The van der Waals surface area contributed by atoms with Gasteiger partial charge in [0.2, 0.25) is 0 Å². The molecule has 0 fully saturated rings. The summed E-state index contributed by atoms with van der Waals surface area (Å²) in [7, 11) is 0. The van der Waals surface area contributed by atoms with Gasteiger partial charge in [0.05, 0.1) is 0 Å². The van der Waals surface area contributed by atoms with Gasteiger partial charge in [0, 0.05) is 0 Å². The topological polar surface area (TPSA) is 0 Å². The van der Waals surface area contributed by atoms with E-state index in [9.17, 15) is 0 Å². The molecule has 0 rings (SSSR count). The molecule has 0 unspecified atom stereocenters. The van der Waals surface area contributed by atoms with E-state index in [1.165, 1.54) is 0 Å². The maximum atomic E-state index is 3.97. The SMILES string of the molecule is C=C/C=C(\C)S. The molecule has 0 saturated heterocycles. The predicted octanol–water partition coefficient (Wildman–Crippen LogP) is 2.01. The monoisotopic (exact) mass is 100 g/mol. The van der Waals surface area contributed by atoms with E-state index in [1.54, 1.807) is 6.08 Å². The zero-order valence-electron chi connectivity index (χ0n) is 3.81. The molecule has 0 atom stereocenters. The molecule has 0 bridgehead atoms. The molecule has 0 N–H and O–H groups in total. The fourth-order valence-electron chi connectivity index (χ4n) is 0.171. The van der Waals surface area contributed by atoms with Gasteiger partial charge in [-0.15, -0.1) is 12.6 Å². The molecule has 0 aliphatic carbocycles. The molecular formula is C5H8S. The molecule has 0 heterocycles. The minimum Gasteiger partial charge on any atom is -0.148 e. The largest absolute Gasteiger partial charge is 0.148 e. The van der Waals surface area contributed by atoms with Crippen molar-refractivity contribution >= 4 is 12.6 Å². The van der Waals surface area contributed by atoms with Crippen LogP contribution in [0.5, 0.6) is 0 Å². The molecule has 0 amide bonds. The number of rotatable bonds is 1. The van der Waals surface area contributed by atoms with Gasteiger partial charge in [0.1, 0.15) is 0 Å². The molecule has 0 aromatic rings. The quantitative estimate of drug-likeness (QED) is 0.378. The van der Waals surface area contributed by atoms with Crippen molar-refractivity contribution in [3.63, 3.8) is 0 Å². The van der Waals surface area contributed by atoms with E-state index in [2.05, 4.69) is 19.2 Å². The smallest absolute Gasteiger partial charge is 0.0215 e. The first-order valence-corrected chi connectivity index (χ1v) is 2.20. The van der Waals surface area contributed by atoms with Crippen LogP contribution in [0.25, 0.3) is 0 Å². The van der Waals surface area contributed by atoms with Crippen LogP contribution in [0.4, 0.5) is 0 Å². The Morgan fingerprint density at radius 3 is 2.33 bits per heavy atom. The van der Waals surface area contributed by atoms with Crippen LogP contribution in [0.15, 0.2) is 23.6 Å². The second-order valence-corrected chi connectivity index (χ2v) is 1.75. The normalized spacial score (nSPS) is 11.3. The second kappa shape index (κ2) is 3.04. The lowest BCUT2D eigenvalue weighted by molar-refractivity contribution is 1.69. The van der Waals surface area contributed by atoms with E-state index < -0.39 is 0 Å². The number of allylic oxidation sites excluding steroid dienone is 3. The molecule has 0 radical (unpaired) electrons. The molecule has 0 aromatic carbocycles. The van der Waals surface area contributed by atoms with Crippen molar-refractivity contribution in [2.45, 2.75) is 6.92 Å². The summed E-state index contributed by atoms with van der Waals surface area (Å²) >= 11 is 3.97. The Balaban J connectivity index is 3.41. The molecule has 0 spiro atoms. The summed E-state index contributed by atoms with van der Waals surface area (Å²) in [5.74, 6) is 0. The Bertz CT molecular complexity index is 68.0. The highest BCUT2D eigenvalue weighted by atomic mass is 32.1.